The van der Waals surface area contributed by atoms with Gasteiger partial charge in [-0.25, -0.2) is 9.78 Å². The Kier molecular flexibility index (Phi) is 14.2. The zero-order chi connectivity index (χ0) is 42.7. The minimum Gasteiger partial charge on any atom is -0.474 e. The average molecular weight is 828 g/mol. The fourth-order valence-corrected chi connectivity index (χ4v) is 8.43. The van der Waals surface area contributed by atoms with Crippen LogP contribution in [0.4, 0.5) is 4.79 Å². The van der Waals surface area contributed by atoms with E-state index < -0.39 is 52.6 Å². The van der Waals surface area contributed by atoms with Crippen LogP contribution in [0.3, 0.4) is 0 Å². The number of hydrogen-bond donors (Lipinski definition) is 2. The van der Waals surface area contributed by atoms with Gasteiger partial charge in [-0.05, 0) is 117 Å². The topological polar surface area (TPSA) is 150 Å². The Labute approximate surface area is 350 Å². The van der Waals surface area contributed by atoms with Gasteiger partial charge in [0.2, 0.25) is 23.6 Å². The van der Waals surface area contributed by atoms with Crippen molar-refractivity contribution in [2.45, 2.75) is 155 Å². The lowest BCUT2D eigenvalue weighted by Gasteiger charge is -2.44. The molecule has 3 fully saturated rings. The van der Waals surface area contributed by atoms with Gasteiger partial charge in [0, 0.05) is 62.4 Å². The SMILES string of the molecule is CC(C)C[C@@H]1NC(=O)[C@@]2(CNC(=O)[C@@H](OC(=O)N(C(C)(C)C)C(C)(C)C)C3CC3)C[C@@H]2/C=C/CCCCN(C)C(=O)[C@H](Cc2cc(Cl)cnc2OC2CC2)N(C)C1=O. The van der Waals surface area contributed by atoms with Crippen molar-refractivity contribution in [2.24, 2.45) is 23.2 Å². The van der Waals surface area contributed by atoms with Crippen molar-refractivity contribution in [3.63, 3.8) is 0 Å². The summed E-state index contributed by atoms with van der Waals surface area (Å²) >= 11 is 6.40. The van der Waals surface area contributed by atoms with Gasteiger partial charge in [0.05, 0.1) is 10.4 Å². The van der Waals surface area contributed by atoms with Crippen molar-refractivity contribution in [1.82, 2.24) is 30.3 Å². The highest BCUT2D eigenvalue weighted by Crippen LogP contribution is 2.53. The Hall–Kier alpha value is -3.87. The molecular formula is C44H67ClN6O7. The standard InChI is InChI=1S/C44H67ClN6O7/c1-27(2)21-33-38(53)50(10)34(23-29-22-31(45)25-46-37(29)57-32-18-19-32)39(54)49(9)20-14-12-11-13-15-30-24-44(30,40(55)48-33)26-47-36(52)35(28-16-17-28)58-41(56)51(42(3,4)5)43(6,7)8/h13,15,22,25,27-28,30,32-35H,11-12,14,16-21,23-24,26H2,1-10H3,(H,47,52)(H,48,55)/b15-13+/t30-,33-,34-,35-,44+/m0/s1. The molecule has 0 saturated heterocycles. The normalized spacial score (nSPS) is 26.1. The second-order valence-corrected chi connectivity index (χ2v) is 19.9. The van der Waals surface area contributed by atoms with Crippen molar-refractivity contribution < 1.29 is 33.4 Å². The predicted molar refractivity (Wildman–Crippen MR) is 223 cm³/mol. The number of pyridine rings is 1. The highest BCUT2D eigenvalue weighted by Gasteiger charge is 2.59. The van der Waals surface area contributed by atoms with Crippen molar-refractivity contribution in [3.05, 3.63) is 35.0 Å². The summed E-state index contributed by atoms with van der Waals surface area (Å²) in [5.74, 6) is -1.22. The highest BCUT2D eigenvalue weighted by atomic mass is 35.5. The summed E-state index contributed by atoms with van der Waals surface area (Å²) in [4.78, 5) is 80.1. The van der Waals surface area contributed by atoms with Gasteiger partial charge in [-0.3, -0.25) is 24.1 Å². The van der Waals surface area contributed by atoms with Gasteiger partial charge >= 0.3 is 6.09 Å². The van der Waals surface area contributed by atoms with E-state index in [0.29, 0.717) is 35.9 Å². The lowest BCUT2D eigenvalue weighted by Crippen LogP contribution is -2.58. The van der Waals surface area contributed by atoms with E-state index in [9.17, 15) is 24.0 Å². The van der Waals surface area contributed by atoms with Gasteiger partial charge in [0.15, 0.2) is 6.10 Å². The molecule has 0 unspecified atom stereocenters. The van der Waals surface area contributed by atoms with Gasteiger partial charge in [-0.1, -0.05) is 37.6 Å². The lowest BCUT2D eigenvalue weighted by molar-refractivity contribution is -0.146. The summed E-state index contributed by atoms with van der Waals surface area (Å²) in [7, 11) is 3.36. The molecular weight excluding hydrogens is 760 g/mol. The van der Waals surface area contributed by atoms with Crippen LogP contribution in [0.5, 0.6) is 5.88 Å². The molecule has 3 aliphatic carbocycles. The second-order valence-electron chi connectivity index (χ2n) is 19.4. The number of rotatable bonds is 11. The van der Waals surface area contributed by atoms with Crippen LogP contribution in [0, 0.1) is 23.2 Å². The summed E-state index contributed by atoms with van der Waals surface area (Å²) in [6, 6.07) is -0.124. The van der Waals surface area contributed by atoms with Crippen LogP contribution in [-0.4, -0.2) is 112 Å². The van der Waals surface area contributed by atoms with Crippen LogP contribution in [0.2, 0.25) is 5.02 Å². The number of carbonyl (C=O) groups excluding carboxylic acids is 5. The Morgan fingerprint density at radius 3 is 2.31 bits per heavy atom. The molecule has 0 bridgehead atoms. The van der Waals surface area contributed by atoms with Crippen LogP contribution >= 0.6 is 11.6 Å². The third-order valence-electron chi connectivity index (χ3n) is 11.6. The molecule has 0 spiro atoms. The maximum Gasteiger partial charge on any atom is 0.411 e. The van der Waals surface area contributed by atoms with Gasteiger partial charge in [0.25, 0.3) is 5.91 Å². The molecule has 0 radical (unpaired) electrons. The van der Waals surface area contributed by atoms with Crippen LogP contribution in [0.1, 0.15) is 119 Å². The van der Waals surface area contributed by atoms with Crippen LogP contribution in [0.25, 0.3) is 0 Å². The van der Waals surface area contributed by atoms with Crippen LogP contribution in [0.15, 0.2) is 24.4 Å². The van der Waals surface area contributed by atoms with Crippen molar-refractivity contribution in [2.75, 3.05) is 27.2 Å². The zero-order valence-electron chi connectivity index (χ0n) is 36.4. The van der Waals surface area contributed by atoms with E-state index in [2.05, 4.69) is 21.7 Å². The fourth-order valence-electron chi connectivity index (χ4n) is 8.25. The predicted octanol–water partition coefficient (Wildman–Crippen LogP) is 6.31. The first kappa shape index (κ1) is 45.2. The van der Waals surface area contributed by atoms with Crippen LogP contribution < -0.4 is 15.4 Å². The quantitative estimate of drug-likeness (QED) is 0.247. The van der Waals surface area contributed by atoms with Gasteiger partial charge in [-0.15, -0.1) is 0 Å². The number of hydrogen-bond acceptors (Lipinski definition) is 8. The van der Waals surface area contributed by atoms with E-state index in [4.69, 9.17) is 21.1 Å². The third-order valence-corrected chi connectivity index (χ3v) is 11.8. The molecule has 5 rings (SSSR count). The largest absolute Gasteiger partial charge is 0.474 e. The van der Waals surface area contributed by atoms with E-state index in [1.165, 1.54) is 11.1 Å². The molecule has 13 nitrogen and oxygen atoms in total. The molecule has 322 valence electrons. The van der Waals surface area contributed by atoms with Crippen molar-refractivity contribution in [1.29, 1.82) is 0 Å². The molecule has 2 N–H and O–H groups in total. The molecule has 1 aromatic rings. The summed E-state index contributed by atoms with van der Waals surface area (Å²) in [5, 5.41) is 6.49. The van der Waals surface area contributed by atoms with Crippen LogP contribution in [-0.2, 0) is 30.3 Å². The van der Waals surface area contributed by atoms with Crippen molar-refractivity contribution >= 4 is 41.3 Å². The first-order chi connectivity index (χ1) is 27.1. The average Bonchev–Trinajstić information content (AvgIpc) is 4.00. The summed E-state index contributed by atoms with van der Waals surface area (Å²) in [6.07, 6.45) is 10.8. The Bertz CT molecular complexity index is 1700. The maximum atomic E-state index is 14.6. The fraction of sp³-hybridized carbons (Fsp3) is 0.727. The maximum absolute atomic E-state index is 14.6. The number of nitrogens with zero attached hydrogens (tertiary/aromatic N) is 4. The van der Waals surface area contributed by atoms with Crippen molar-refractivity contribution in [3.8, 4) is 5.88 Å². The number of allylic oxidation sites excluding steroid dienone is 2. The van der Waals surface area contributed by atoms with E-state index >= 15 is 0 Å². The zero-order valence-corrected chi connectivity index (χ0v) is 37.1. The number of carbonyl (C=O) groups is 5. The van der Waals surface area contributed by atoms with E-state index in [1.807, 2.05) is 61.5 Å². The smallest absolute Gasteiger partial charge is 0.411 e. The molecule has 58 heavy (non-hydrogen) atoms. The molecule has 1 aliphatic heterocycles. The number of amides is 5. The molecule has 2 heterocycles. The second kappa shape index (κ2) is 18.2. The highest BCUT2D eigenvalue weighted by molar-refractivity contribution is 6.30. The Morgan fingerprint density at radius 1 is 1.03 bits per heavy atom. The molecule has 3 saturated carbocycles. The molecule has 1 aromatic heterocycles. The van der Waals surface area contributed by atoms with Gasteiger partial charge in [0.1, 0.15) is 18.2 Å². The molecule has 14 heteroatoms. The van der Waals surface area contributed by atoms with Gasteiger partial charge in [-0.2, -0.15) is 0 Å². The Balaban J connectivity index is 1.39. The van der Waals surface area contributed by atoms with E-state index in [-0.39, 0.29) is 48.6 Å². The van der Waals surface area contributed by atoms with Gasteiger partial charge < -0.3 is 29.9 Å². The summed E-state index contributed by atoms with van der Waals surface area (Å²) < 4.78 is 12.1. The molecule has 0 aromatic carbocycles. The number of nitrogens with one attached hydrogen (secondary N) is 2. The summed E-state index contributed by atoms with van der Waals surface area (Å²) in [5.41, 5.74) is -1.47. The first-order valence-electron chi connectivity index (χ1n) is 21.2. The number of aromatic nitrogens is 1. The first-order valence-corrected chi connectivity index (χ1v) is 21.6. The minimum atomic E-state index is -1.00. The lowest BCUT2D eigenvalue weighted by atomic mass is 9.96. The number of likely N-dealkylation sites (N-methyl/N-ethyl adjacent to an activating group) is 2. The molecule has 5 atom stereocenters. The summed E-state index contributed by atoms with van der Waals surface area (Å²) in [6.45, 7) is 16.1. The minimum absolute atomic E-state index is 0.0194. The monoisotopic (exact) mass is 826 g/mol. The molecule has 4 aliphatic rings. The Morgan fingerprint density at radius 2 is 1.71 bits per heavy atom. The van der Waals surface area contributed by atoms with E-state index in [1.54, 1.807) is 30.0 Å². The van der Waals surface area contributed by atoms with E-state index in [0.717, 1.165) is 44.9 Å². The number of fused-ring (bicyclic) bond motifs is 1. The molecule has 5 amide bonds. The third kappa shape index (κ3) is 11.4. The number of ether oxygens (including phenoxy) is 2. The number of halogens is 1.